The van der Waals surface area contributed by atoms with Crippen LogP contribution in [0.1, 0.15) is 28.0 Å². The molecule has 2 aromatic heterocycles. The van der Waals surface area contributed by atoms with Crippen LogP contribution in [-0.2, 0) is 4.74 Å². The van der Waals surface area contributed by atoms with Crippen LogP contribution in [0.25, 0.3) is 21.9 Å². The third-order valence-corrected chi connectivity index (χ3v) is 5.37. The Hall–Kier alpha value is -3.98. The summed E-state index contributed by atoms with van der Waals surface area (Å²) in [5.41, 5.74) is 8.08. The second-order valence-corrected chi connectivity index (χ2v) is 7.48. The Morgan fingerprint density at radius 1 is 1.06 bits per heavy atom. The Morgan fingerprint density at radius 2 is 1.84 bits per heavy atom. The zero-order valence-electron chi connectivity index (χ0n) is 16.5. The molecule has 31 heavy (non-hydrogen) atoms. The Labute approximate surface area is 181 Å². The van der Waals surface area contributed by atoms with E-state index in [2.05, 4.69) is 15.5 Å². The highest BCUT2D eigenvalue weighted by atomic mass is 32.1. The van der Waals surface area contributed by atoms with Crippen LogP contribution >= 0.6 is 11.3 Å². The number of benzene rings is 2. The van der Waals surface area contributed by atoms with Crippen molar-refractivity contribution in [2.45, 2.75) is 6.92 Å². The molecule has 156 valence electrons. The van der Waals surface area contributed by atoms with Crippen molar-refractivity contribution in [3.05, 3.63) is 72.1 Å². The summed E-state index contributed by atoms with van der Waals surface area (Å²) < 4.78 is 10.6. The lowest BCUT2D eigenvalue weighted by molar-refractivity contribution is 0.0528. The zero-order valence-corrected chi connectivity index (χ0v) is 17.3. The maximum atomic E-state index is 12.7. The molecule has 0 saturated heterocycles. The van der Waals surface area contributed by atoms with Crippen molar-refractivity contribution in [1.82, 2.24) is 10.2 Å². The van der Waals surface area contributed by atoms with E-state index in [1.54, 1.807) is 37.3 Å². The number of carbonyl (C=O) groups is 2. The number of carbonyl (C=O) groups excluding carboxylic acids is 2. The fourth-order valence-corrected chi connectivity index (χ4v) is 3.90. The molecule has 0 bridgehead atoms. The lowest BCUT2D eigenvalue weighted by Crippen LogP contribution is -2.14. The molecule has 0 unspecified atom stereocenters. The molecule has 0 atom stereocenters. The van der Waals surface area contributed by atoms with Gasteiger partial charge in [-0.1, -0.05) is 36.4 Å². The maximum absolute atomic E-state index is 12.7. The Bertz CT molecular complexity index is 1230. The number of hydrogen-bond donors (Lipinski definition) is 2. The van der Waals surface area contributed by atoms with E-state index in [0.717, 1.165) is 10.4 Å². The Morgan fingerprint density at radius 3 is 2.58 bits per heavy atom. The average molecular weight is 434 g/mol. The van der Waals surface area contributed by atoms with Crippen molar-refractivity contribution < 1.29 is 18.7 Å². The number of esters is 1. The molecule has 4 aromatic rings. The quantitative estimate of drug-likeness (QED) is 0.339. The van der Waals surface area contributed by atoms with Crippen molar-refractivity contribution in [3.63, 3.8) is 0 Å². The predicted molar refractivity (Wildman–Crippen MR) is 118 cm³/mol. The van der Waals surface area contributed by atoms with E-state index in [0.29, 0.717) is 16.3 Å². The standard InChI is InChI=1S/C22H18N4O4S/c1-2-29-22(28)16-12-17(13-7-4-3-5-8-13)31-21(16)24-18(27)20-26-25-19(30-20)14-9-6-10-15(23)11-14/h3-12H,2,23H2,1H3,(H,24,27). The first kappa shape index (κ1) is 20.3. The lowest BCUT2D eigenvalue weighted by atomic mass is 10.1. The van der Waals surface area contributed by atoms with Gasteiger partial charge in [0.05, 0.1) is 12.2 Å². The summed E-state index contributed by atoms with van der Waals surface area (Å²) in [4.78, 5) is 26.0. The zero-order chi connectivity index (χ0) is 21.8. The number of nitrogens with two attached hydrogens (primary N) is 1. The molecule has 0 spiro atoms. The smallest absolute Gasteiger partial charge is 0.341 e. The number of anilines is 2. The van der Waals surface area contributed by atoms with E-state index in [1.807, 2.05) is 30.3 Å². The third kappa shape index (κ3) is 4.46. The number of hydrogen-bond acceptors (Lipinski definition) is 8. The van der Waals surface area contributed by atoms with Crippen LogP contribution in [0.3, 0.4) is 0 Å². The van der Waals surface area contributed by atoms with Crippen LogP contribution in [0.4, 0.5) is 10.7 Å². The molecule has 2 heterocycles. The number of thiophene rings is 1. The first-order valence-corrected chi connectivity index (χ1v) is 10.2. The number of ether oxygens (including phenoxy) is 1. The van der Waals surface area contributed by atoms with Crippen LogP contribution in [0.2, 0.25) is 0 Å². The van der Waals surface area contributed by atoms with Gasteiger partial charge in [0, 0.05) is 16.1 Å². The molecule has 4 rings (SSSR count). The van der Waals surface area contributed by atoms with Crippen LogP contribution in [0, 0.1) is 0 Å². The summed E-state index contributed by atoms with van der Waals surface area (Å²) >= 11 is 1.26. The van der Waals surface area contributed by atoms with Gasteiger partial charge < -0.3 is 20.2 Å². The van der Waals surface area contributed by atoms with E-state index in [1.165, 1.54) is 11.3 Å². The average Bonchev–Trinajstić information content (AvgIpc) is 3.42. The molecule has 0 aliphatic rings. The predicted octanol–water partition coefficient (Wildman–Crippen LogP) is 4.48. The van der Waals surface area contributed by atoms with E-state index in [9.17, 15) is 9.59 Å². The van der Waals surface area contributed by atoms with Crippen LogP contribution in [-0.4, -0.2) is 28.7 Å². The molecule has 9 heteroatoms. The van der Waals surface area contributed by atoms with Gasteiger partial charge in [-0.25, -0.2) is 4.79 Å². The summed E-state index contributed by atoms with van der Waals surface area (Å²) in [6.07, 6.45) is 0. The molecule has 2 aromatic carbocycles. The number of aromatic nitrogens is 2. The molecular formula is C22H18N4O4S. The minimum atomic E-state index is -0.630. The van der Waals surface area contributed by atoms with Gasteiger partial charge >= 0.3 is 17.8 Å². The molecule has 8 nitrogen and oxygen atoms in total. The fraction of sp³-hybridized carbons (Fsp3) is 0.0909. The van der Waals surface area contributed by atoms with Gasteiger partial charge in [-0.05, 0) is 36.8 Å². The first-order chi connectivity index (χ1) is 15.0. The maximum Gasteiger partial charge on any atom is 0.341 e. The molecule has 0 aliphatic heterocycles. The van der Waals surface area contributed by atoms with Crippen molar-refractivity contribution in [2.75, 3.05) is 17.7 Å². The van der Waals surface area contributed by atoms with Crippen LogP contribution in [0.5, 0.6) is 0 Å². The van der Waals surface area contributed by atoms with Gasteiger partial charge in [-0.15, -0.1) is 21.5 Å². The molecule has 0 aliphatic carbocycles. The summed E-state index contributed by atoms with van der Waals surface area (Å²) in [5.74, 6) is -1.22. The molecule has 0 fully saturated rings. The van der Waals surface area contributed by atoms with Gasteiger partial charge in [0.15, 0.2) is 0 Å². The van der Waals surface area contributed by atoms with Crippen molar-refractivity contribution in [2.24, 2.45) is 0 Å². The summed E-state index contributed by atoms with van der Waals surface area (Å²) in [6, 6.07) is 18.1. The highest BCUT2D eigenvalue weighted by molar-refractivity contribution is 7.20. The molecular weight excluding hydrogens is 416 g/mol. The van der Waals surface area contributed by atoms with Crippen LogP contribution < -0.4 is 11.1 Å². The molecule has 0 radical (unpaired) electrons. The Balaban J connectivity index is 1.61. The second kappa shape index (κ2) is 8.80. The van der Waals surface area contributed by atoms with Crippen LogP contribution in [0.15, 0.2) is 65.1 Å². The minimum absolute atomic E-state index is 0.166. The molecule has 0 saturated carbocycles. The Kier molecular flexibility index (Phi) is 5.76. The summed E-state index contributed by atoms with van der Waals surface area (Å²) in [6.45, 7) is 1.94. The van der Waals surface area contributed by atoms with E-state index >= 15 is 0 Å². The number of nitrogen functional groups attached to an aromatic ring is 1. The number of nitrogens with zero attached hydrogens (tertiary/aromatic N) is 2. The number of amides is 1. The van der Waals surface area contributed by atoms with Gasteiger partial charge in [0.2, 0.25) is 5.89 Å². The third-order valence-electron chi connectivity index (χ3n) is 4.27. The van der Waals surface area contributed by atoms with Gasteiger partial charge in [-0.3, -0.25) is 4.79 Å². The lowest BCUT2D eigenvalue weighted by Gasteiger charge is -2.03. The first-order valence-electron chi connectivity index (χ1n) is 9.42. The topological polar surface area (TPSA) is 120 Å². The van der Waals surface area contributed by atoms with Crippen molar-refractivity contribution >= 4 is 33.9 Å². The van der Waals surface area contributed by atoms with E-state index < -0.39 is 11.9 Å². The van der Waals surface area contributed by atoms with Gasteiger partial charge in [0.1, 0.15) is 5.00 Å². The molecule has 3 N–H and O–H groups in total. The van der Waals surface area contributed by atoms with E-state index in [4.69, 9.17) is 14.9 Å². The minimum Gasteiger partial charge on any atom is -0.462 e. The van der Waals surface area contributed by atoms with Crippen molar-refractivity contribution in [1.29, 1.82) is 0 Å². The van der Waals surface area contributed by atoms with Crippen molar-refractivity contribution in [3.8, 4) is 21.9 Å². The second-order valence-electron chi connectivity index (χ2n) is 6.43. The normalized spacial score (nSPS) is 10.6. The summed E-state index contributed by atoms with van der Waals surface area (Å²) in [7, 11) is 0. The summed E-state index contributed by atoms with van der Waals surface area (Å²) in [5, 5.41) is 10.8. The number of nitrogens with one attached hydrogen (secondary N) is 1. The fourth-order valence-electron chi connectivity index (χ4n) is 2.85. The highest BCUT2D eigenvalue weighted by Gasteiger charge is 2.23. The highest BCUT2D eigenvalue weighted by Crippen LogP contribution is 2.36. The van der Waals surface area contributed by atoms with Gasteiger partial charge in [-0.2, -0.15) is 0 Å². The van der Waals surface area contributed by atoms with Gasteiger partial charge in [0.25, 0.3) is 0 Å². The number of rotatable bonds is 6. The monoisotopic (exact) mass is 434 g/mol. The SMILES string of the molecule is CCOC(=O)c1cc(-c2ccccc2)sc1NC(=O)c1nnc(-c2cccc(N)c2)o1. The molecule has 1 amide bonds. The largest absolute Gasteiger partial charge is 0.462 e. The van der Waals surface area contributed by atoms with E-state index in [-0.39, 0.29) is 24.0 Å².